The number of carboxylic acid groups (broad SMARTS) is 1. The molecule has 0 bridgehead atoms. The first-order valence-electron chi connectivity index (χ1n) is 8.25. The SMILES string of the molecule is C=C=[C]OC1CCCCC1.CC(C)[O-].CC(C)[O-].CCOC(=O)[O-].[Ti+3]. The van der Waals surface area contributed by atoms with Crippen LogP contribution in [-0.4, -0.2) is 31.1 Å². The number of rotatable bonds is 3. The van der Waals surface area contributed by atoms with Gasteiger partial charge in [0, 0.05) is 6.61 Å². The van der Waals surface area contributed by atoms with Gasteiger partial charge in [-0.25, -0.2) is 0 Å². The van der Waals surface area contributed by atoms with E-state index in [1.54, 1.807) is 34.6 Å². The second-order valence-corrected chi connectivity index (χ2v) is 5.44. The van der Waals surface area contributed by atoms with Crippen LogP contribution in [0, 0.1) is 6.26 Å². The van der Waals surface area contributed by atoms with Crippen molar-refractivity contribution in [3.8, 4) is 0 Å². The van der Waals surface area contributed by atoms with E-state index >= 15 is 0 Å². The summed E-state index contributed by atoms with van der Waals surface area (Å²) < 4.78 is 9.06. The third kappa shape index (κ3) is 51.7. The Labute approximate surface area is 167 Å². The van der Waals surface area contributed by atoms with Crippen molar-refractivity contribution in [3.63, 3.8) is 0 Å². The van der Waals surface area contributed by atoms with Gasteiger partial charge in [-0.05, 0) is 32.6 Å². The van der Waals surface area contributed by atoms with Crippen molar-refractivity contribution >= 4 is 6.16 Å². The molecule has 0 aliphatic heterocycles. The van der Waals surface area contributed by atoms with Crippen LogP contribution in [0.1, 0.15) is 66.7 Å². The summed E-state index contributed by atoms with van der Waals surface area (Å²) in [6.07, 6.45) is 6.95. The number of ether oxygens (including phenoxy) is 2. The summed E-state index contributed by atoms with van der Waals surface area (Å²) in [6, 6.07) is 0. The second kappa shape index (κ2) is 25.5. The van der Waals surface area contributed by atoms with Crippen LogP contribution in [0.25, 0.3) is 0 Å². The predicted molar refractivity (Wildman–Crippen MR) is 87.6 cm³/mol. The van der Waals surface area contributed by atoms with Crippen LogP contribution in [-0.2, 0) is 31.2 Å². The summed E-state index contributed by atoms with van der Waals surface area (Å²) in [4.78, 5) is 9.27. The van der Waals surface area contributed by atoms with Gasteiger partial charge in [-0.15, -0.1) is 12.2 Å². The molecule has 0 amide bonds. The molecule has 1 rings (SSSR count). The molecule has 2 radical (unpaired) electrons. The zero-order valence-corrected chi connectivity index (χ0v) is 17.7. The minimum atomic E-state index is -1.46. The van der Waals surface area contributed by atoms with Crippen LogP contribution in [0.3, 0.4) is 0 Å². The largest absolute Gasteiger partial charge is 3.00 e. The first-order valence-corrected chi connectivity index (χ1v) is 8.25. The average Bonchev–Trinajstić information content (AvgIpc) is 2.45. The molecule has 0 aromatic heterocycles. The zero-order valence-electron chi connectivity index (χ0n) is 16.1. The summed E-state index contributed by atoms with van der Waals surface area (Å²) in [6.45, 7) is 11.6. The average molecular weight is 392 g/mol. The van der Waals surface area contributed by atoms with Gasteiger partial charge < -0.3 is 29.6 Å². The van der Waals surface area contributed by atoms with Crippen LogP contribution in [0.4, 0.5) is 4.79 Å². The molecule has 0 saturated heterocycles. The van der Waals surface area contributed by atoms with Gasteiger partial charge in [0.2, 0.25) is 6.26 Å². The fraction of sp³-hybridized carbons (Fsp3) is 0.778. The minimum absolute atomic E-state index is 0. The minimum Gasteiger partial charge on any atom is -0.852 e. The molecule has 0 atom stereocenters. The van der Waals surface area contributed by atoms with Gasteiger partial charge in [-0.3, -0.25) is 0 Å². The van der Waals surface area contributed by atoms with E-state index in [-0.39, 0.29) is 28.3 Å². The molecule has 1 fully saturated rings. The normalized spacial score (nSPS) is 12.5. The molecule has 0 spiro atoms. The quantitative estimate of drug-likeness (QED) is 0.310. The van der Waals surface area contributed by atoms with Crippen LogP contribution in [0.2, 0.25) is 0 Å². The monoisotopic (exact) mass is 392 g/mol. The second-order valence-electron chi connectivity index (χ2n) is 5.44. The first kappa shape index (κ1) is 31.9. The maximum absolute atomic E-state index is 9.53. The van der Waals surface area contributed by atoms with E-state index in [0.29, 0.717) is 6.10 Å². The molecule has 0 heterocycles. The van der Waals surface area contributed by atoms with Crippen molar-refractivity contribution < 1.29 is 51.3 Å². The maximum Gasteiger partial charge on any atom is 3.00 e. The van der Waals surface area contributed by atoms with Crippen LogP contribution >= 0.6 is 0 Å². The van der Waals surface area contributed by atoms with Crippen molar-refractivity contribution in [2.45, 2.75) is 85.0 Å². The predicted octanol–water partition coefficient (Wildman–Crippen LogP) is 1.31. The summed E-state index contributed by atoms with van der Waals surface area (Å²) >= 11 is 0. The van der Waals surface area contributed by atoms with Crippen LogP contribution in [0.5, 0.6) is 0 Å². The van der Waals surface area contributed by atoms with E-state index in [9.17, 15) is 20.1 Å². The van der Waals surface area contributed by atoms with Gasteiger partial charge in [0.25, 0.3) is 6.16 Å². The number of carbonyl (C=O) groups is 1. The van der Waals surface area contributed by atoms with Crippen LogP contribution < -0.4 is 15.3 Å². The van der Waals surface area contributed by atoms with Gasteiger partial charge in [0.1, 0.15) is 0 Å². The van der Waals surface area contributed by atoms with Crippen molar-refractivity contribution in [2.75, 3.05) is 6.61 Å². The summed E-state index contributed by atoms with van der Waals surface area (Å²) in [5.74, 6) is 0. The molecular weight excluding hydrogens is 360 g/mol. The summed E-state index contributed by atoms with van der Waals surface area (Å²) in [5, 5.41) is 28.3. The van der Waals surface area contributed by atoms with E-state index in [1.807, 2.05) is 0 Å². The summed E-state index contributed by atoms with van der Waals surface area (Å²) in [7, 11) is 0. The smallest absolute Gasteiger partial charge is 0.852 e. The Balaban J connectivity index is -0.000000128. The first-order chi connectivity index (χ1) is 11.2. The van der Waals surface area contributed by atoms with Gasteiger partial charge >= 0.3 is 21.7 Å². The molecule has 144 valence electrons. The topological polar surface area (TPSA) is 105 Å². The molecule has 1 aliphatic rings. The summed E-state index contributed by atoms with van der Waals surface area (Å²) in [5.41, 5.74) is 2.49. The Hall–Kier alpha value is -0.776. The van der Waals surface area contributed by atoms with Crippen molar-refractivity contribution in [1.82, 2.24) is 0 Å². The van der Waals surface area contributed by atoms with Crippen molar-refractivity contribution in [2.24, 2.45) is 0 Å². The fourth-order valence-corrected chi connectivity index (χ4v) is 1.43. The van der Waals surface area contributed by atoms with Gasteiger partial charge in [-0.2, -0.15) is 0 Å². The third-order valence-electron chi connectivity index (χ3n) is 2.11. The molecule has 0 unspecified atom stereocenters. The van der Waals surface area contributed by atoms with E-state index in [2.05, 4.69) is 23.3 Å². The van der Waals surface area contributed by atoms with Gasteiger partial charge in [-0.1, -0.05) is 46.4 Å². The Morgan fingerprint density at radius 2 is 1.52 bits per heavy atom. The van der Waals surface area contributed by atoms with E-state index in [0.717, 1.165) is 0 Å². The Kier molecular flexibility index (Phi) is 32.5. The van der Waals surface area contributed by atoms with Crippen molar-refractivity contribution in [3.05, 3.63) is 18.6 Å². The van der Waals surface area contributed by atoms with E-state index in [4.69, 9.17) is 4.74 Å². The number of hydrogen-bond donors (Lipinski definition) is 0. The Bertz CT molecular complexity index is 297. The molecule has 1 saturated carbocycles. The third-order valence-corrected chi connectivity index (χ3v) is 2.11. The molecule has 1 aliphatic carbocycles. The number of hydrogen-bond acceptors (Lipinski definition) is 6. The molecule has 0 aromatic carbocycles. The standard InChI is InChI=1S/C9H13O.C3H6O3.2C3H7O.Ti/c1-2-8-10-9-6-4-3-5-7-9;1-2-6-3(4)5;2*1-3(2)4;/h9H,1,3-7H2;2H2,1H3,(H,4,5);2*3H,1-2H3;/q;;2*-1;+3/p-1. The molecular formula is C18H32O6Ti. The molecule has 6 nitrogen and oxygen atoms in total. The fourth-order valence-electron chi connectivity index (χ4n) is 1.43. The van der Waals surface area contributed by atoms with Crippen molar-refractivity contribution in [1.29, 1.82) is 0 Å². The zero-order chi connectivity index (χ0) is 19.4. The molecule has 0 aromatic rings. The van der Waals surface area contributed by atoms with Gasteiger partial charge in [0.05, 0.1) is 6.10 Å². The maximum atomic E-state index is 9.53. The Morgan fingerprint density at radius 3 is 1.76 bits per heavy atom. The Morgan fingerprint density at radius 1 is 1.12 bits per heavy atom. The van der Waals surface area contributed by atoms with E-state index in [1.165, 1.54) is 32.1 Å². The molecule has 25 heavy (non-hydrogen) atoms. The van der Waals surface area contributed by atoms with E-state index < -0.39 is 18.4 Å². The molecule has 7 heteroatoms. The van der Waals surface area contributed by atoms with Crippen LogP contribution in [0.15, 0.2) is 12.3 Å². The number of carbonyl (C=O) groups excluding carboxylic acids is 1. The van der Waals surface area contributed by atoms with Gasteiger partial charge in [0.15, 0.2) is 0 Å². The molecule has 0 N–H and O–H groups in total.